The second kappa shape index (κ2) is 12.8. The molecular weight excluding hydrogens is 539 g/mol. The third-order valence-corrected chi connectivity index (χ3v) is 7.14. The lowest BCUT2D eigenvalue weighted by atomic mass is 10.1. The van der Waals surface area contributed by atoms with Crippen LogP contribution in [0, 0.1) is 0 Å². The lowest BCUT2D eigenvalue weighted by molar-refractivity contribution is -0.145. The van der Waals surface area contributed by atoms with E-state index in [0.29, 0.717) is 33.0 Å². The van der Waals surface area contributed by atoms with Gasteiger partial charge in [-0.15, -0.1) is 11.8 Å². The average Bonchev–Trinajstić information content (AvgIpc) is 3.33. The van der Waals surface area contributed by atoms with E-state index in [1.165, 1.54) is 23.8 Å². The van der Waals surface area contributed by atoms with E-state index in [9.17, 15) is 14.4 Å². The zero-order valence-corrected chi connectivity index (χ0v) is 23.4. The number of methoxy groups -OCH3 is 1. The maximum atomic E-state index is 13.1. The van der Waals surface area contributed by atoms with Gasteiger partial charge in [0.05, 0.1) is 13.0 Å². The number of nitrogens with zero attached hydrogens (tertiary/aromatic N) is 1. The van der Waals surface area contributed by atoms with Gasteiger partial charge in [-0.3, -0.25) is 9.69 Å². The van der Waals surface area contributed by atoms with Crippen LogP contribution >= 0.6 is 35.0 Å². The van der Waals surface area contributed by atoms with Gasteiger partial charge >= 0.3 is 12.1 Å². The monoisotopic (exact) mass is 568 g/mol. The van der Waals surface area contributed by atoms with Gasteiger partial charge in [0.15, 0.2) is 0 Å². The van der Waals surface area contributed by atoms with Gasteiger partial charge in [0.1, 0.15) is 30.0 Å². The highest BCUT2D eigenvalue weighted by molar-refractivity contribution is 7.99. The third kappa shape index (κ3) is 8.18. The molecule has 1 aliphatic heterocycles. The second-order valence-corrected chi connectivity index (χ2v) is 11.2. The molecule has 0 unspecified atom stereocenters. The van der Waals surface area contributed by atoms with E-state index >= 15 is 0 Å². The predicted molar refractivity (Wildman–Crippen MR) is 144 cm³/mol. The van der Waals surface area contributed by atoms with Crippen LogP contribution in [-0.2, 0) is 32.1 Å². The lowest BCUT2D eigenvalue weighted by Gasteiger charge is -2.28. The summed E-state index contributed by atoms with van der Waals surface area (Å²) in [5.41, 5.74) is 0.785. The molecule has 3 rings (SSSR count). The number of esters is 1. The number of carbonyl (C=O) groups excluding carboxylic acids is 3. The summed E-state index contributed by atoms with van der Waals surface area (Å²) in [6.45, 7) is 5.49. The summed E-state index contributed by atoms with van der Waals surface area (Å²) < 4.78 is 16.1. The number of nitrogens with one attached hydrogen (secondary N) is 1. The van der Waals surface area contributed by atoms with Crippen molar-refractivity contribution < 1.29 is 28.6 Å². The Kier molecular flexibility index (Phi) is 9.98. The molecule has 8 nitrogen and oxygen atoms in total. The van der Waals surface area contributed by atoms with E-state index in [0.717, 1.165) is 5.56 Å². The normalized spacial score (nSPS) is 16.2. The summed E-state index contributed by atoms with van der Waals surface area (Å²) in [6, 6.07) is 10.7. The maximum absolute atomic E-state index is 13.1. The average molecular weight is 570 g/mol. The van der Waals surface area contributed by atoms with E-state index in [4.69, 9.17) is 37.4 Å². The summed E-state index contributed by atoms with van der Waals surface area (Å²) in [5, 5.41) is 3.78. The number of rotatable bonds is 8. The maximum Gasteiger partial charge on any atom is 0.411 e. The molecule has 11 heteroatoms. The summed E-state index contributed by atoms with van der Waals surface area (Å²) >= 11 is 13.8. The van der Waals surface area contributed by atoms with Crippen molar-refractivity contribution in [1.82, 2.24) is 10.2 Å². The molecule has 1 aliphatic rings. The Morgan fingerprint density at radius 1 is 1.11 bits per heavy atom. The van der Waals surface area contributed by atoms with Crippen molar-refractivity contribution in [3.05, 3.63) is 63.6 Å². The number of thioether (sulfide) groups is 1. The van der Waals surface area contributed by atoms with Gasteiger partial charge in [-0.25, -0.2) is 9.59 Å². The molecule has 2 atom stereocenters. The minimum absolute atomic E-state index is 0.196. The molecule has 1 heterocycles. The minimum Gasteiger partial charge on any atom is -0.489 e. The van der Waals surface area contributed by atoms with Gasteiger partial charge in [-0.1, -0.05) is 41.4 Å². The molecule has 0 spiro atoms. The van der Waals surface area contributed by atoms with Gasteiger partial charge in [0.25, 0.3) is 0 Å². The van der Waals surface area contributed by atoms with E-state index < -0.39 is 35.7 Å². The molecular formula is C26H30Cl2N2O6S. The van der Waals surface area contributed by atoms with Crippen molar-refractivity contribution in [3.8, 4) is 5.75 Å². The first-order valence-corrected chi connectivity index (χ1v) is 13.5. The largest absolute Gasteiger partial charge is 0.489 e. The van der Waals surface area contributed by atoms with Crippen molar-refractivity contribution in [3.63, 3.8) is 0 Å². The molecule has 0 aliphatic carbocycles. The molecule has 2 amide bonds. The summed E-state index contributed by atoms with van der Waals surface area (Å²) in [6.07, 6.45) is -0.373. The SMILES string of the molecule is COC(=O)[C@H](Cc1ccc(OCc2c(Cl)cccc2Cl)cc1)NC(=O)[C@H]1CSCN1C(=O)OC(C)(C)C. The Hall–Kier alpha value is -2.62. The molecule has 0 aromatic heterocycles. The van der Waals surface area contributed by atoms with Crippen LogP contribution in [-0.4, -0.2) is 59.3 Å². The number of hydrogen-bond donors (Lipinski definition) is 1. The van der Waals surface area contributed by atoms with Crippen LogP contribution in [0.4, 0.5) is 4.79 Å². The Morgan fingerprint density at radius 2 is 1.76 bits per heavy atom. The van der Waals surface area contributed by atoms with Gasteiger partial charge in [0, 0.05) is 27.8 Å². The standard InChI is InChI=1S/C26H30Cl2N2O6S/c1-26(2,3)36-25(33)30-15-37-14-22(30)23(31)29-21(24(32)34-4)12-16-8-10-17(11-9-16)35-13-18-19(27)6-5-7-20(18)28/h5-11,21-22H,12-15H2,1-4H3,(H,29,31)/t21-,22+/m0/s1. The number of amides is 2. The van der Waals surface area contributed by atoms with Crippen molar-refractivity contribution in [2.45, 2.75) is 51.5 Å². The highest BCUT2D eigenvalue weighted by Gasteiger charge is 2.38. The fourth-order valence-corrected chi connectivity index (χ4v) is 5.20. The Labute approximate surface area is 230 Å². The molecule has 1 fully saturated rings. The van der Waals surface area contributed by atoms with E-state index in [2.05, 4.69) is 5.32 Å². The van der Waals surface area contributed by atoms with E-state index in [1.807, 2.05) is 0 Å². The Morgan fingerprint density at radius 3 is 2.35 bits per heavy atom. The first kappa shape index (κ1) is 28.9. The van der Waals surface area contributed by atoms with Crippen molar-refractivity contribution >= 4 is 52.9 Å². The Balaban J connectivity index is 1.63. The Bertz CT molecular complexity index is 1100. The highest BCUT2D eigenvalue weighted by atomic mass is 35.5. The van der Waals surface area contributed by atoms with Crippen LogP contribution < -0.4 is 10.1 Å². The van der Waals surface area contributed by atoms with Crippen LogP contribution in [0.15, 0.2) is 42.5 Å². The van der Waals surface area contributed by atoms with Gasteiger partial charge in [-0.05, 0) is 50.6 Å². The molecule has 2 aromatic rings. The number of ether oxygens (including phenoxy) is 3. The summed E-state index contributed by atoms with van der Waals surface area (Å²) in [5.74, 6) is 0.297. The minimum atomic E-state index is -0.933. The first-order valence-electron chi connectivity index (χ1n) is 11.6. The molecule has 1 N–H and O–H groups in total. The van der Waals surface area contributed by atoms with Crippen LogP contribution in [0.2, 0.25) is 10.0 Å². The van der Waals surface area contributed by atoms with Gasteiger partial charge in [0.2, 0.25) is 5.91 Å². The third-order valence-electron chi connectivity index (χ3n) is 5.42. The fourth-order valence-electron chi connectivity index (χ4n) is 3.55. The van der Waals surface area contributed by atoms with E-state index in [-0.39, 0.29) is 13.0 Å². The zero-order chi connectivity index (χ0) is 27.2. The molecule has 0 radical (unpaired) electrons. The molecule has 0 saturated carbocycles. The van der Waals surface area contributed by atoms with Gasteiger partial charge in [-0.2, -0.15) is 0 Å². The smallest absolute Gasteiger partial charge is 0.411 e. The number of benzene rings is 2. The first-order chi connectivity index (χ1) is 17.5. The molecule has 2 aromatic carbocycles. The van der Waals surface area contributed by atoms with Gasteiger partial charge < -0.3 is 19.5 Å². The van der Waals surface area contributed by atoms with Crippen LogP contribution in [0.3, 0.4) is 0 Å². The molecule has 0 bridgehead atoms. The van der Waals surface area contributed by atoms with Crippen molar-refractivity contribution in [2.24, 2.45) is 0 Å². The van der Waals surface area contributed by atoms with Crippen molar-refractivity contribution in [1.29, 1.82) is 0 Å². The second-order valence-electron chi connectivity index (χ2n) is 9.39. The lowest BCUT2D eigenvalue weighted by Crippen LogP contribution is -2.53. The quantitative estimate of drug-likeness (QED) is 0.443. The number of halogens is 2. The summed E-state index contributed by atoms with van der Waals surface area (Å²) in [7, 11) is 1.26. The van der Waals surface area contributed by atoms with E-state index in [1.54, 1.807) is 63.2 Å². The predicted octanol–water partition coefficient (Wildman–Crippen LogP) is 5.08. The highest BCUT2D eigenvalue weighted by Crippen LogP contribution is 2.27. The van der Waals surface area contributed by atoms with Crippen molar-refractivity contribution in [2.75, 3.05) is 18.7 Å². The van der Waals surface area contributed by atoms with Crippen LogP contribution in [0.1, 0.15) is 31.9 Å². The topological polar surface area (TPSA) is 94.2 Å². The fraction of sp³-hybridized carbons (Fsp3) is 0.423. The zero-order valence-electron chi connectivity index (χ0n) is 21.1. The molecule has 1 saturated heterocycles. The van der Waals surface area contributed by atoms with Crippen LogP contribution in [0.25, 0.3) is 0 Å². The number of hydrogen-bond acceptors (Lipinski definition) is 7. The molecule has 37 heavy (non-hydrogen) atoms. The van der Waals surface area contributed by atoms with Crippen LogP contribution in [0.5, 0.6) is 5.75 Å². The molecule has 200 valence electrons. The summed E-state index contributed by atoms with van der Waals surface area (Å²) in [4.78, 5) is 39.4. The number of carbonyl (C=O) groups is 3.